The van der Waals surface area contributed by atoms with Crippen LogP contribution in [0.1, 0.15) is 24.0 Å². The van der Waals surface area contributed by atoms with Gasteiger partial charge in [-0.1, -0.05) is 6.07 Å². The van der Waals surface area contributed by atoms with Gasteiger partial charge in [0.15, 0.2) is 5.82 Å². The van der Waals surface area contributed by atoms with E-state index in [-0.39, 0.29) is 5.75 Å². The molecule has 6 nitrogen and oxygen atoms in total. The molecule has 0 radical (unpaired) electrons. The Kier molecular flexibility index (Phi) is 4.44. The number of likely N-dealkylation sites (tertiary alicyclic amines) is 1. The molecule has 2 aromatic rings. The lowest BCUT2D eigenvalue weighted by atomic mass is 10.0. The molecular formula is C20H27N5O. The molecule has 2 N–H and O–H groups in total. The van der Waals surface area contributed by atoms with Crippen LogP contribution < -0.4 is 10.2 Å². The van der Waals surface area contributed by atoms with E-state index >= 15 is 0 Å². The second-order valence-corrected chi connectivity index (χ2v) is 7.57. The highest BCUT2D eigenvalue weighted by Crippen LogP contribution is 2.38. The average Bonchev–Trinajstić information content (AvgIpc) is 2.62. The largest absolute Gasteiger partial charge is 0.507 e. The smallest absolute Gasteiger partial charge is 0.175 e. The third-order valence-electron chi connectivity index (χ3n) is 5.57. The lowest BCUT2D eigenvalue weighted by molar-refractivity contribution is 0.244. The van der Waals surface area contributed by atoms with Crippen molar-refractivity contribution in [3.63, 3.8) is 0 Å². The van der Waals surface area contributed by atoms with Crippen molar-refractivity contribution < 1.29 is 5.11 Å². The molecule has 1 aromatic carbocycles. The van der Waals surface area contributed by atoms with Gasteiger partial charge in [0.25, 0.3) is 0 Å². The van der Waals surface area contributed by atoms with Gasteiger partial charge in [-0.25, -0.2) is 0 Å². The zero-order chi connectivity index (χ0) is 18.3. The topological polar surface area (TPSA) is 64.5 Å². The molecule has 0 amide bonds. The number of nitrogens with one attached hydrogen (secondary N) is 1. The normalized spacial score (nSPS) is 20.6. The predicted octanol–water partition coefficient (Wildman–Crippen LogP) is 2.79. The molecule has 3 heterocycles. The Morgan fingerprint density at radius 2 is 2.04 bits per heavy atom. The number of hydrogen-bond acceptors (Lipinski definition) is 6. The molecule has 1 aromatic heterocycles. The quantitative estimate of drug-likeness (QED) is 0.866. The van der Waals surface area contributed by atoms with E-state index in [1.54, 1.807) is 6.07 Å². The number of piperidine rings is 1. The Bertz CT molecular complexity index is 822. The summed E-state index contributed by atoms with van der Waals surface area (Å²) in [5, 5.41) is 23.0. The molecule has 138 valence electrons. The van der Waals surface area contributed by atoms with E-state index in [2.05, 4.69) is 39.3 Å². The molecule has 2 aliphatic rings. The number of fused-ring (bicyclic) bond motifs is 1. The molecule has 2 aliphatic heterocycles. The molecule has 0 bridgehead atoms. The molecule has 6 heteroatoms. The van der Waals surface area contributed by atoms with E-state index in [0.717, 1.165) is 53.5 Å². The molecule has 26 heavy (non-hydrogen) atoms. The summed E-state index contributed by atoms with van der Waals surface area (Å²) in [5.74, 6) is 1.20. The third-order valence-corrected chi connectivity index (χ3v) is 5.57. The van der Waals surface area contributed by atoms with Gasteiger partial charge in [-0.2, -0.15) is 0 Å². The molecule has 1 atom stereocenters. The number of nitrogens with zero attached hydrogens (tertiary/aromatic N) is 4. The average molecular weight is 353 g/mol. The summed E-state index contributed by atoms with van der Waals surface area (Å²) >= 11 is 0. The first-order valence-corrected chi connectivity index (χ1v) is 9.41. The van der Waals surface area contributed by atoms with Gasteiger partial charge in [0.1, 0.15) is 11.4 Å². The van der Waals surface area contributed by atoms with Crippen molar-refractivity contribution >= 4 is 11.5 Å². The maximum atomic E-state index is 10.4. The third kappa shape index (κ3) is 2.98. The second-order valence-electron chi connectivity index (χ2n) is 7.57. The number of hydrogen-bond donors (Lipinski definition) is 2. The van der Waals surface area contributed by atoms with Crippen molar-refractivity contribution in [1.82, 2.24) is 15.1 Å². The van der Waals surface area contributed by atoms with Crippen LogP contribution in [-0.2, 0) is 0 Å². The van der Waals surface area contributed by atoms with E-state index in [9.17, 15) is 5.11 Å². The number of aromatic hydroxyl groups is 1. The summed E-state index contributed by atoms with van der Waals surface area (Å²) in [6, 6.07) is 6.17. The Morgan fingerprint density at radius 3 is 2.81 bits per heavy atom. The van der Waals surface area contributed by atoms with Gasteiger partial charge in [-0.15, -0.1) is 10.2 Å². The van der Waals surface area contributed by atoms with Crippen molar-refractivity contribution in [2.45, 2.75) is 32.7 Å². The zero-order valence-electron chi connectivity index (χ0n) is 15.8. The highest BCUT2D eigenvalue weighted by atomic mass is 16.3. The van der Waals surface area contributed by atoms with Crippen molar-refractivity contribution in [1.29, 1.82) is 0 Å². The number of rotatable bonds is 2. The van der Waals surface area contributed by atoms with Gasteiger partial charge in [0.05, 0.1) is 5.69 Å². The van der Waals surface area contributed by atoms with Crippen LogP contribution >= 0.6 is 0 Å². The van der Waals surface area contributed by atoms with E-state index in [1.807, 2.05) is 19.1 Å². The Morgan fingerprint density at radius 1 is 1.19 bits per heavy atom. The Balaban J connectivity index is 1.72. The van der Waals surface area contributed by atoms with Crippen LogP contribution in [0.3, 0.4) is 0 Å². The minimum absolute atomic E-state index is 0.254. The molecular weight excluding hydrogens is 326 g/mol. The van der Waals surface area contributed by atoms with Crippen molar-refractivity contribution in [2.24, 2.45) is 0 Å². The highest BCUT2D eigenvalue weighted by Gasteiger charge is 2.30. The Labute approximate surface area is 154 Å². The fraction of sp³-hybridized carbons (Fsp3) is 0.500. The lowest BCUT2D eigenvalue weighted by Gasteiger charge is -2.41. The summed E-state index contributed by atoms with van der Waals surface area (Å²) in [4.78, 5) is 4.81. The molecule has 1 saturated heterocycles. The summed E-state index contributed by atoms with van der Waals surface area (Å²) in [7, 11) is 2.19. The number of aromatic nitrogens is 2. The fourth-order valence-electron chi connectivity index (χ4n) is 4.18. The Hall–Kier alpha value is -2.34. The number of likely N-dealkylation sites (N-methyl/N-ethyl adjacent to an activating group) is 1. The maximum absolute atomic E-state index is 10.4. The van der Waals surface area contributed by atoms with Gasteiger partial charge >= 0.3 is 0 Å². The number of benzene rings is 1. The highest BCUT2D eigenvalue weighted by molar-refractivity contribution is 5.80. The van der Waals surface area contributed by atoms with E-state index in [4.69, 9.17) is 0 Å². The van der Waals surface area contributed by atoms with Gasteiger partial charge in [-0.3, -0.25) is 0 Å². The van der Waals surface area contributed by atoms with E-state index < -0.39 is 0 Å². The van der Waals surface area contributed by atoms with Gasteiger partial charge < -0.3 is 20.2 Å². The minimum Gasteiger partial charge on any atom is -0.507 e. The lowest BCUT2D eigenvalue weighted by Crippen LogP contribution is -2.50. The number of aryl methyl sites for hydroxylation is 1. The van der Waals surface area contributed by atoms with Gasteiger partial charge in [-0.05, 0) is 58.0 Å². The summed E-state index contributed by atoms with van der Waals surface area (Å²) in [5.41, 5.74) is 4.61. The SMILES string of the molecule is Cc1ccc(-c2nnc3c(c2C)NCCN3C2CCCN(C)C2)c(O)c1. The summed E-state index contributed by atoms with van der Waals surface area (Å²) < 4.78 is 0. The van der Waals surface area contributed by atoms with Crippen LogP contribution in [0.5, 0.6) is 5.75 Å². The second kappa shape index (κ2) is 6.76. The first-order chi connectivity index (χ1) is 12.5. The number of anilines is 2. The molecule has 0 saturated carbocycles. The standard InChI is InChI=1S/C20H27N5O/c1-13-6-7-16(17(26)11-13)18-14(2)19-20(23-22-18)25(10-8-21-19)15-5-4-9-24(3)12-15/h6-7,11,15,21,26H,4-5,8-10,12H2,1-3H3. The molecule has 1 fully saturated rings. The van der Waals surface area contributed by atoms with Crippen LogP contribution in [0.2, 0.25) is 0 Å². The first kappa shape index (κ1) is 17.1. The van der Waals surface area contributed by atoms with E-state index in [1.165, 1.54) is 19.4 Å². The number of phenolic OH excluding ortho intramolecular Hbond substituents is 1. The molecule has 0 spiro atoms. The predicted molar refractivity (Wildman–Crippen MR) is 105 cm³/mol. The molecule has 0 aliphatic carbocycles. The van der Waals surface area contributed by atoms with Crippen molar-refractivity contribution in [3.8, 4) is 17.0 Å². The fourth-order valence-corrected chi connectivity index (χ4v) is 4.18. The van der Waals surface area contributed by atoms with Crippen LogP contribution in [-0.4, -0.2) is 59.5 Å². The zero-order valence-corrected chi connectivity index (χ0v) is 15.8. The van der Waals surface area contributed by atoms with Crippen molar-refractivity contribution in [3.05, 3.63) is 29.3 Å². The van der Waals surface area contributed by atoms with Crippen LogP contribution in [0, 0.1) is 13.8 Å². The van der Waals surface area contributed by atoms with Gasteiger partial charge in [0.2, 0.25) is 0 Å². The monoisotopic (exact) mass is 353 g/mol. The first-order valence-electron chi connectivity index (χ1n) is 9.41. The molecule has 1 unspecified atom stereocenters. The van der Waals surface area contributed by atoms with Crippen LogP contribution in [0.4, 0.5) is 11.5 Å². The maximum Gasteiger partial charge on any atom is 0.175 e. The van der Waals surface area contributed by atoms with Crippen LogP contribution in [0.15, 0.2) is 18.2 Å². The van der Waals surface area contributed by atoms with Crippen molar-refractivity contribution in [2.75, 3.05) is 43.4 Å². The van der Waals surface area contributed by atoms with Gasteiger partial charge in [0, 0.05) is 36.8 Å². The summed E-state index contributed by atoms with van der Waals surface area (Å²) in [6.07, 6.45) is 2.42. The van der Waals surface area contributed by atoms with E-state index in [0.29, 0.717) is 6.04 Å². The minimum atomic E-state index is 0.254. The molecule has 4 rings (SSSR count). The van der Waals surface area contributed by atoms with Crippen LogP contribution in [0.25, 0.3) is 11.3 Å². The number of phenols is 1. The summed E-state index contributed by atoms with van der Waals surface area (Å²) in [6.45, 7) is 8.13.